The number of pyridine rings is 1. The Hall–Kier alpha value is -3.49. The molecule has 0 unspecified atom stereocenters. The average molecular weight is 435 g/mol. The summed E-state index contributed by atoms with van der Waals surface area (Å²) in [5, 5.41) is 20.4. The number of anilines is 1. The van der Waals surface area contributed by atoms with Crippen molar-refractivity contribution in [2.75, 3.05) is 24.5 Å². The zero-order valence-electron chi connectivity index (χ0n) is 18.1. The van der Waals surface area contributed by atoms with E-state index in [1.54, 1.807) is 17.0 Å². The largest absolute Gasteiger partial charge is 0.366 e. The summed E-state index contributed by atoms with van der Waals surface area (Å²) in [6.07, 6.45) is 5.68. The van der Waals surface area contributed by atoms with Crippen LogP contribution in [0.4, 0.5) is 11.4 Å². The third-order valence-electron chi connectivity index (χ3n) is 6.57. The van der Waals surface area contributed by atoms with Gasteiger partial charge in [0.05, 0.1) is 11.0 Å². The number of carbonyl (C=O) groups is 1. The molecule has 0 N–H and O–H groups in total. The van der Waals surface area contributed by atoms with Crippen LogP contribution in [0.1, 0.15) is 54.8 Å². The van der Waals surface area contributed by atoms with Crippen molar-refractivity contribution in [3.63, 3.8) is 0 Å². The van der Waals surface area contributed by atoms with E-state index in [1.807, 2.05) is 28.8 Å². The number of hydrogen-bond donors (Lipinski definition) is 0. The Bertz CT molecular complexity index is 1180. The first-order chi connectivity index (χ1) is 15.5. The first-order valence-electron chi connectivity index (χ1n) is 11.2. The van der Waals surface area contributed by atoms with E-state index < -0.39 is 0 Å². The lowest BCUT2D eigenvalue weighted by Gasteiger charge is -2.32. The maximum atomic E-state index is 13.4. The molecule has 166 valence electrons. The fraction of sp³-hybridized carbons (Fsp3) is 0.435. The number of nitro groups is 1. The summed E-state index contributed by atoms with van der Waals surface area (Å²) in [7, 11) is 0. The summed E-state index contributed by atoms with van der Waals surface area (Å²) in [6, 6.07) is 10.4. The third kappa shape index (κ3) is 3.57. The first kappa shape index (κ1) is 20.4. The molecule has 0 aliphatic carbocycles. The van der Waals surface area contributed by atoms with E-state index in [1.165, 1.54) is 6.07 Å². The number of hydrogen-bond acceptors (Lipinski definition) is 6. The lowest BCUT2D eigenvalue weighted by atomic mass is 9.99. The quantitative estimate of drug-likeness (QED) is 0.457. The van der Waals surface area contributed by atoms with E-state index in [0.29, 0.717) is 23.7 Å². The van der Waals surface area contributed by atoms with E-state index in [2.05, 4.69) is 22.0 Å². The Morgan fingerprint density at radius 3 is 2.78 bits per heavy atom. The number of piperidine rings is 1. The second-order valence-electron chi connectivity index (χ2n) is 8.80. The topological polar surface area (TPSA) is 96.9 Å². The Labute approximate surface area is 185 Å². The minimum absolute atomic E-state index is 0.00590. The highest BCUT2D eigenvalue weighted by Crippen LogP contribution is 2.36. The van der Waals surface area contributed by atoms with Crippen molar-refractivity contribution in [1.82, 2.24) is 19.5 Å². The molecule has 1 amide bonds. The molecule has 2 aliphatic rings. The standard InChI is InChI=1S/C23H26N6O3/c1-16-6-4-11-26(15-16)18-10-9-17(14-20(18)29(31)32)23(30)27-13-5-7-19(27)22-25-24-21-8-2-3-12-28(21)22/h2-3,8-10,12,14,16,19H,4-7,11,13,15H2,1H3/t16-,19+/m1/s1. The molecule has 0 radical (unpaired) electrons. The van der Waals surface area contributed by atoms with Gasteiger partial charge in [0.25, 0.3) is 11.6 Å². The Morgan fingerprint density at radius 1 is 1.12 bits per heavy atom. The Morgan fingerprint density at radius 2 is 1.97 bits per heavy atom. The van der Waals surface area contributed by atoms with Crippen molar-refractivity contribution < 1.29 is 9.72 Å². The number of likely N-dealkylation sites (tertiary alicyclic amines) is 1. The molecule has 9 heteroatoms. The molecule has 1 aromatic carbocycles. The molecule has 2 atom stereocenters. The van der Waals surface area contributed by atoms with Crippen LogP contribution in [0.15, 0.2) is 42.6 Å². The summed E-state index contributed by atoms with van der Waals surface area (Å²) in [5.41, 5.74) is 1.66. The SMILES string of the molecule is C[C@@H]1CCCN(c2ccc(C(=O)N3CCC[C@H]3c3nnc4ccccn34)cc2[N+](=O)[O-])C1. The number of nitro benzene ring substituents is 1. The molecule has 2 aliphatic heterocycles. The zero-order valence-corrected chi connectivity index (χ0v) is 18.1. The fourth-order valence-corrected chi connectivity index (χ4v) is 5.01. The van der Waals surface area contributed by atoms with Gasteiger partial charge in [-0.2, -0.15) is 0 Å². The Balaban J connectivity index is 1.45. The number of fused-ring (bicyclic) bond motifs is 1. The number of rotatable bonds is 4. The molecule has 0 saturated carbocycles. The van der Waals surface area contributed by atoms with Gasteiger partial charge in [-0.25, -0.2) is 0 Å². The molecule has 5 rings (SSSR count). The predicted molar refractivity (Wildman–Crippen MR) is 120 cm³/mol. The van der Waals surface area contributed by atoms with Crippen LogP contribution in [0, 0.1) is 16.0 Å². The van der Waals surface area contributed by atoms with Crippen molar-refractivity contribution in [2.45, 2.75) is 38.6 Å². The monoisotopic (exact) mass is 434 g/mol. The number of aromatic nitrogens is 3. The molecule has 4 heterocycles. The molecule has 0 bridgehead atoms. The molecule has 3 aromatic rings. The number of carbonyl (C=O) groups excluding carboxylic acids is 1. The van der Waals surface area contributed by atoms with Crippen molar-refractivity contribution in [3.05, 3.63) is 64.1 Å². The minimum Gasteiger partial charge on any atom is -0.366 e. The fourth-order valence-electron chi connectivity index (χ4n) is 5.01. The summed E-state index contributed by atoms with van der Waals surface area (Å²) >= 11 is 0. The summed E-state index contributed by atoms with van der Waals surface area (Å²) in [6.45, 7) is 4.34. The highest BCUT2D eigenvalue weighted by atomic mass is 16.6. The maximum Gasteiger partial charge on any atom is 0.293 e. The van der Waals surface area contributed by atoms with Gasteiger partial charge in [-0.3, -0.25) is 19.3 Å². The van der Waals surface area contributed by atoms with Crippen LogP contribution in [0.2, 0.25) is 0 Å². The van der Waals surface area contributed by atoms with Crippen molar-refractivity contribution in [2.24, 2.45) is 5.92 Å². The second-order valence-corrected chi connectivity index (χ2v) is 8.80. The highest BCUT2D eigenvalue weighted by molar-refractivity contribution is 5.96. The van der Waals surface area contributed by atoms with Gasteiger partial charge in [0, 0.05) is 37.5 Å². The minimum atomic E-state index is -0.376. The van der Waals surface area contributed by atoms with Crippen molar-refractivity contribution >= 4 is 22.9 Å². The molecule has 0 spiro atoms. The van der Waals surface area contributed by atoms with Crippen LogP contribution in [0.5, 0.6) is 0 Å². The smallest absolute Gasteiger partial charge is 0.293 e. The van der Waals surface area contributed by atoms with E-state index in [0.717, 1.165) is 50.2 Å². The van der Waals surface area contributed by atoms with Crippen LogP contribution in [0.25, 0.3) is 5.65 Å². The van der Waals surface area contributed by atoms with Crippen LogP contribution in [-0.4, -0.2) is 50.0 Å². The Kier molecular flexibility index (Phi) is 5.24. The molecule has 2 saturated heterocycles. The molecule has 9 nitrogen and oxygen atoms in total. The summed E-state index contributed by atoms with van der Waals surface area (Å²) in [5.74, 6) is 1.01. The molecule has 2 fully saturated rings. The van der Waals surface area contributed by atoms with Gasteiger partial charge in [0.2, 0.25) is 0 Å². The highest BCUT2D eigenvalue weighted by Gasteiger charge is 2.35. The molecular formula is C23H26N6O3. The van der Waals surface area contributed by atoms with Crippen LogP contribution in [0.3, 0.4) is 0 Å². The first-order valence-corrected chi connectivity index (χ1v) is 11.2. The van der Waals surface area contributed by atoms with Gasteiger partial charge in [-0.05, 0) is 55.9 Å². The second kappa shape index (κ2) is 8.22. The number of amides is 1. The average Bonchev–Trinajstić information content (AvgIpc) is 3.45. The number of benzene rings is 1. The molecular weight excluding hydrogens is 408 g/mol. The van der Waals surface area contributed by atoms with E-state index in [4.69, 9.17) is 0 Å². The summed E-state index contributed by atoms with van der Waals surface area (Å²) < 4.78 is 1.90. The van der Waals surface area contributed by atoms with Crippen LogP contribution >= 0.6 is 0 Å². The lowest BCUT2D eigenvalue weighted by molar-refractivity contribution is -0.384. The van der Waals surface area contributed by atoms with Gasteiger partial charge < -0.3 is 9.80 Å². The van der Waals surface area contributed by atoms with Crippen molar-refractivity contribution in [1.29, 1.82) is 0 Å². The maximum absolute atomic E-state index is 13.4. The van der Waals surface area contributed by atoms with Gasteiger partial charge in [0.15, 0.2) is 11.5 Å². The van der Waals surface area contributed by atoms with Crippen molar-refractivity contribution in [3.8, 4) is 0 Å². The third-order valence-corrected chi connectivity index (χ3v) is 6.57. The normalized spacial score (nSPS) is 21.3. The van der Waals surface area contributed by atoms with Crippen LogP contribution in [-0.2, 0) is 0 Å². The lowest BCUT2D eigenvalue weighted by Crippen LogP contribution is -2.35. The predicted octanol–water partition coefficient (Wildman–Crippen LogP) is 3.85. The van der Waals surface area contributed by atoms with Gasteiger partial charge >= 0.3 is 0 Å². The summed E-state index contributed by atoms with van der Waals surface area (Å²) in [4.78, 5) is 28.8. The van der Waals surface area contributed by atoms with E-state index >= 15 is 0 Å². The number of nitrogens with zero attached hydrogens (tertiary/aromatic N) is 6. The van der Waals surface area contributed by atoms with Crippen LogP contribution < -0.4 is 4.90 Å². The van der Waals surface area contributed by atoms with E-state index in [-0.39, 0.29) is 22.6 Å². The van der Waals surface area contributed by atoms with E-state index in [9.17, 15) is 14.9 Å². The van der Waals surface area contributed by atoms with Gasteiger partial charge in [0.1, 0.15) is 5.69 Å². The zero-order chi connectivity index (χ0) is 22.2. The molecule has 2 aromatic heterocycles. The molecule has 32 heavy (non-hydrogen) atoms. The van der Waals surface area contributed by atoms with Gasteiger partial charge in [-0.1, -0.05) is 13.0 Å². The van der Waals surface area contributed by atoms with Gasteiger partial charge in [-0.15, -0.1) is 10.2 Å².